The number of amides is 1. The van der Waals surface area contributed by atoms with Gasteiger partial charge < -0.3 is 0 Å². The number of ketones is 1. The summed E-state index contributed by atoms with van der Waals surface area (Å²) in [5.74, 6) is -2.52. The van der Waals surface area contributed by atoms with Crippen molar-refractivity contribution < 1.29 is 22.8 Å². The van der Waals surface area contributed by atoms with E-state index in [1.54, 1.807) is 0 Å². The van der Waals surface area contributed by atoms with Crippen molar-refractivity contribution in [2.45, 2.75) is 19.6 Å². The number of anilines is 2. The second-order valence-corrected chi connectivity index (χ2v) is 6.22. The third-order valence-electron chi connectivity index (χ3n) is 3.95. The molecule has 0 fully saturated rings. The van der Waals surface area contributed by atoms with E-state index >= 15 is 0 Å². The molecule has 156 valence electrons. The van der Waals surface area contributed by atoms with Crippen LogP contribution in [0.5, 0.6) is 0 Å². The summed E-state index contributed by atoms with van der Waals surface area (Å²) in [6, 6.07) is 5.02. The van der Waals surface area contributed by atoms with Crippen molar-refractivity contribution >= 4 is 46.3 Å². The third kappa shape index (κ3) is 4.38. The molecule has 13 heteroatoms. The van der Waals surface area contributed by atoms with Gasteiger partial charge in [-0.15, -0.1) is 0 Å². The molecule has 1 amide bonds. The van der Waals surface area contributed by atoms with E-state index in [-0.39, 0.29) is 39.8 Å². The van der Waals surface area contributed by atoms with Gasteiger partial charge in [0.15, 0.2) is 16.9 Å². The highest BCUT2D eigenvalue weighted by molar-refractivity contribution is 6.23. The molecule has 0 saturated heterocycles. The monoisotopic (exact) mass is 440 g/mol. The highest BCUT2D eigenvalue weighted by Gasteiger charge is 2.43. The Labute approximate surface area is 171 Å². The highest BCUT2D eigenvalue weighted by Crippen LogP contribution is 2.26. The molecule has 2 heterocycles. The predicted octanol–water partition coefficient (Wildman–Crippen LogP) is 2.58. The van der Waals surface area contributed by atoms with Gasteiger partial charge >= 0.3 is 12.1 Å². The summed E-state index contributed by atoms with van der Waals surface area (Å²) in [4.78, 5) is 52.0. The van der Waals surface area contributed by atoms with Crippen LogP contribution in [0.4, 0.5) is 24.8 Å². The molecule has 0 radical (unpaired) electrons. The number of alkyl halides is 3. The van der Waals surface area contributed by atoms with Gasteiger partial charge in [-0.3, -0.25) is 29.1 Å². The van der Waals surface area contributed by atoms with Crippen LogP contribution in [0.15, 0.2) is 35.3 Å². The topological polar surface area (TPSA) is 121 Å². The average molecular weight is 441 g/mol. The number of H-pyrrole nitrogens is 1. The maximum Gasteiger partial charge on any atom is 0.471 e. The number of fused-ring (bicyclic) bond motifs is 1. The molecular formula is C17H12ClF3N6O3. The van der Waals surface area contributed by atoms with E-state index in [1.165, 1.54) is 31.2 Å². The molecule has 0 aliphatic rings. The van der Waals surface area contributed by atoms with Crippen LogP contribution >= 0.6 is 11.8 Å². The first-order chi connectivity index (χ1) is 14.1. The van der Waals surface area contributed by atoms with E-state index in [0.717, 1.165) is 6.20 Å². The fourth-order valence-corrected chi connectivity index (χ4v) is 2.64. The van der Waals surface area contributed by atoms with Gasteiger partial charge in [-0.25, -0.2) is 9.97 Å². The Hall–Kier alpha value is -3.54. The quantitative estimate of drug-likeness (QED) is 0.462. The van der Waals surface area contributed by atoms with Crippen molar-refractivity contribution in [2.75, 3.05) is 9.74 Å². The van der Waals surface area contributed by atoms with E-state index in [9.17, 15) is 27.6 Å². The maximum atomic E-state index is 13.1. The molecule has 0 spiro atoms. The molecule has 2 aromatic heterocycles. The van der Waals surface area contributed by atoms with Crippen molar-refractivity contribution in [2.24, 2.45) is 0 Å². The van der Waals surface area contributed by atoms with Crippen molar-refractivity contribution in [3.05, 3.63) is 52.1 Å². The molecule has 0 aliphatic carbocycles. The zero-order chi connectivity index (χ0) is 22.1. The fraction of sp³-hybridized carbons (Fsp3) is 0.176. The Bertz CT molecular complexity index is 1180. The van der Waals surface area contributed by atoms with Crippen molar-refractivity contribution in [1.82, 2.24) is 19.9 Å². The summed E-state index contributed by atoms with van der Waals surface area (Å²) < 4.78 is 39.4. The zero-order valence-electron chi connectivity index (χ0n) is 15.1. The fourth-order valence-electron chi connectivity index (χ4n) is 2.55. The van der Waals surface area contributed by atoms with Crippen LogP contribution in [-0.4, -0.2) is 37.8 Å². The van der Waals surface area contributed by atoms with Crippen LogP contribution in [0.25, 0.3) is 11.2 Å². The van der Waals surface area contributed by atoms with Crippen LogP contribution < -0.4 is 15.3 Å². The Morgan fingerprint density at radius 3 is 2.43 bits per heavy atom. The summed E-state index contributed by atoms with van der Waals surface area (Å²) in [5.41, 5.74) is -0.991. The summed E-state index contributed by atoms with van der Waals surface area (Å²) in [7, 11) is 0. The Morgan fingerprint density at radius 1 is 1.20 bits per heavy atom. The van der Waals surface area contributed by atoms with Gasteiger partial charge in [0.2, 0.25) is 5.95 Å². The summed E-state index contributed by atoms with van der Waals surface area (Å²) >= 11 is 5.37. The van der Waals surface area contributed by atoms with Gasteiger partial charge in [-0.1, -0.05) is 0 Å². The lowest BCUT2D eigenvalue weighted by atomic mass is 10.1. The molecule has 3 aromatic rings. The van der Waals surface area contributed by atoms with Gasteiger partial charge in [0.1, 0.15) is 0 Å². The average Bonchev–Trinajstić information content (AvgIpc) is 2.71. The number of aromatic amines is 1. The van der Waals surface area contributed by atoms with Crippen LogP contribution in [0.1, 0.15) is 23.0 Å². The lowest BCUT2D eigenvalue weighted by molar-refractivity contribution is -0.170. The van der Waals surface area contributed by atoms with Crippen molar-refractivity contribution in [1.29, 1.82) is 0 Å². The number of Topliss-reactive ketones (excluding diaryl/α,β-unsaturated/α-hetero) is 1. The first-order valence-corrected chi connectivity index (χ1v) is 8.60. The Balaban J connectivity index is 2.02. The lowest BCUT2D eigenvalue weighted by Crippen LogP contribution is -2.41. The second kappa shape index (κ2) is 8.06. The molecular weight excluding hydrogens is 429 g/mol. The predicted molar refractivity (Wildman–Crippen MR) is 101 cm³/mol. The van der Waals surface area contributed by atoms with E-state index in [2.05, 4.69) is 24.8 Å². The number of hydrogen-bond acceptors (Lipinski definition) is 7. The molecule has 0 saturated carbocycles. The van der Waals surface area contributed by atoms with Crippen LogP contribution in [0.3, 0.4) is 0 Å². The minimum Gasteiger partial charge on any atom is -0.299 e. The van der Waals surface area contributed by atoms with E-state index in [4.69, 9.17) is 11.8 Å². The third-order valence-corrected chi connectivity index (χ3v) is 4.13. The summed E-state index contributed by atoms with van der Waals surface area (Å²) in [6.45, 7) is 0.671. The molecule has 3 rings (SSSR count). The number of nitrogens with zero attached hydrogens (tertiary/aromatic N) is 4. The number of nitrogens with one attached hydrogen (secondary N) is 2. The molecule has 0 unspecified atom stereocenters. The Kier molecular flexibility index (Phi) is 5.69. The van der Waals surface area contributed by atoms with Gasteiger partial charge in [0, 0.05) is 23.0 Å². The van der Waals surface area contributed by atoms with Crippen LogP contribution in [-0.2, 0) is 11.3 Å². The maximum absolute atomic E-state index is 13.1. The van der Waals surface area contributed by atoms with Crippen molar-refractivity contribution in [3.8, 4) is 0 Å². The number of aromatic nitrogens is 4. The van der Waals surface area contributed by atoms with Gasteiger partial charge in [0.05, 0.1) is 18.4 Å². The number of halogens is 4. The summed E-state index contributed by atoms with van der Waals surface area (Å²) in [6.07, 6.45) is -4.07. The number of hydrogen-bond donors (Lipinski definition) is 2. The van der Waals surface area contributed by atoms with Gasteiger partial charge in [-0.05, 0) is 31.2 Å². The second-order valence-electron chi connectivity index (χ2n) is 6.03. The van der Waals surface area contributed by atoms with Crippen molar-refractivity contribution in [3.63, 3.8) is 0 Å². The molecule has 0 aliphatic heterocycles. The molecule has 0 atom stereocenters. The molecule has 1 aromatic carbocycles. The van der Waals surface area contributed by atoms with Gasteiger partial charge in [0.25, 0.3) is 5.56 Å². The minimum atomic E-state index is -5.16. The van der Waals surface area contributed by atoms with Crippen LogP contribution in [0.2, 0.25) is 0 Å². The van der Waals surface area contributed by atoms with E-state index in [1.807, 2.05) is 0 Å². The SMILES string of the molecule is CC(=O)c1ccc(N(Cc2cnc3nc(NCl)[nH]c(=O)c3n2)C(=O)C(F)(F)F)cc1. The number of carbonyl (C=O) groups excluding carboxylic acids is 2. The molecule has 30 heavy (non-hydrogen) atoms. The lowest BCUT2D eigenvalue weighted by Gasteiger charge is -2.23. The normalized spacial score (nSPS) is 11.4. The molecule has 0 bridgehead atoms. The number of rotatable bonds is 5. The number of benzene rings is 1. The number of carbonyl (C=O) groups is 2. The summed E-state index contributed by atoms with van der Waals surface area (Å²) in [5, 5.41) is 0. The molecule has 9 nitrogen and oxygen atoms in total. The highest BCUT2D eigenvalue weighted by atomic mass is 35.5. The van der Waals surface area contributed by atoms with E-state index < -0.39 is 24.2 Å². The van der Waals surface area contributed by atoms with Gasteiger partial charge in [-0.2, -0.15) is 18.2 Å². The molecule has 2 N–H and O–H groups in total. The first kappa shape index (κ1) is 21.2. The largest absolute Gasteiger partial charge is 0.471 e. The Morgan fingerprint density at radius 2 is 1.87 bits per heavy atom. The minimum absolute atomic E-state index is 0.0874. The van der Waals surface area contributed by atoms with E-state index in [0.29, 0.717) is 4.90 Å². The zero-order valence-corrected chi connectivity index (χ0v) is 15.9. The van der Waals surface area contributed by atoms with Crippen LogP contribution in [0, 0.1) is 0 Å². The standard InChI is InChI=1S/C17H12ClF3N6O3/c1-8(28)9-2-4-11(5-3-9)27(15(30)17(19,20)21)7-10-6-22-13-12(23-10)14(29)25-16(24-13)26-18/h2-6H,7H2,1H3,(H2,22,24,25,26,29). The first-order valence-electron chi connectivity index (χ1n) is 8.22. The smallest absolute Gasteiger partial charge is 0.299 e.